The van der Waals surface area contributed by atoms with E-state index in [2.05, 4.69) is 39.7 Å². The van der Waals surface area contributed by atoms with Crippen molar-refractivity contribution in [2.24, 2.45) is 0 Å². The molecule has 0 aliphatic heterocycles. The van der Waals surface area contributed by atoms with Crippen LogP contribution < -0.4 is 10.6 Å². The molecule has 0 radical (unpaired) electrons. The van der Waals surface area contributed by atoms with Crippen LogP contribution in [0, 0.1) is 25.2 Å². The van der Waals surface area contributed by atoms with Crippen LogP contribution in [-0.2, 0) is 6.42 Å². The average Bonchev–Trinajstić information content (AvgIpc) is 2.69. The first-order chi connectivity index (χ1) is 13.5. The van der Waals surface area contributed by atoms with Gasteiger partial charge in [0.2, 0.25) is 0 Å². The van der Waals surface area contributed by atoms with E-state index in [1.807, 2.05) is 19.1 Å². The maximum atomic E-state index is 12.7. The lowest BCUT2D eigenvalue weighted by Gasteiger charge is -2.14. The first-order valence-electron chi connectivity index (χ1n) is 9.03. The van der Waals surface area contributed by atoms with E-state index in [0.29, 0.717) is 22.9 Å². The summed E-state index contributed by atoms with van der Waals surface area (Å²) in [5.41, 5.74) is 4.34. The number of benzene rings is 2. The number of nitrogens with one attached hydrogen (secondary N) is 2. The number of hydrogen-bond donors (Lipinski definition) is 2. The molecule has 28 heavy (non-hydrogen) atoms. The number of aryl methyl sites for hydroxylation is 3. The Kier molecular flexibility index (Phi) is 5.66. The molecule has 0 aliphatic carbocycles. The van der Waals surface area contributed by atoms with Gasteiger partial charge in [-0.05, 0) is 43.5 Å². The molecule has 0 atom stereocenters. The highest BCUT2D eigenvalue weighted by atomic mass is 16.1. The molecule has 3 aromatic rings. The molecular formula is C22H21N5O. The van der Waals surface area contributed by atoms with E-state index in [1.54, 1.807) is 37.3 Å². The summed E-state index contributed by atoms with van der Waals surface area (Å²) in [7, 11) is 0. The first kappa shape index (κ1) is 19.1. The van der Waals surface area contributed by atoms with Gasteiger partial charge in [-0.2, -0.15) is 5.26 Å². The van der Waals surface area contributed by atoms with Gasteiger partial charge in [0.15, 0.2) is 0 Å². The summed E-state index contributed by atoms with van der Waals surface area (Å²) in [6, 6.07) is 16.6. The molecule has 0 fully saturated rings. The summed E-state index contributed by atoms with van der Waals surface area (Å²) in [4.78, 5) is 21.4. The highest BCUT2D eigenvalue weighted by molar-refractivity contribution is 6.04. The number of nitrogens with zero attached hydrogens (tertiary/aromatic N) is 3. The van der Waals surface area contributed by atoms with E-state index < -0.39 is 5.91 Å². The van der Waals surface area contributed by atoms with E-state index in [1.165, 1.54) is 5.56 Å². The molecule has 6 nitrogen and oxygen atoms in total. The zero-order valence-corrected chi connectivity index (χ0v) is 16.1. The van der Waals surface area contributed by atoms with Crippen LogP contribution in [0.2, 0.25) is 0 Å². The van der Waals surface area contributed by atoms with E-state index in [0.717, 1.165) is 17.7 Å². The molecule has 0 aliphatic rings. The second kappa shape index (κ2) is 8.31. The van der Waals surface area contributed by atoms with Crippen LogP contribution in [0.1, 0.15) is 39.9 Å². The number of hydrogen-bond acceptors (Lipinski definition) is 5. The first-order valence-corrected chi connectivity index (χ1v) is 9.03. The van der Waals surface area contributed by atoms with Crippen LogP contribution >= 0.6 is 0 Å². The Morgan fingerprint density at radius 2 is 1.89 bits per heavy atom. The maximum Gasteiger partial charge on any atom is 0.274 e. The number of aromatic nitrogens is 2. The molecule has 0 spiro atoms. The summed E-state index contributed by atoms with van der Waals surface area (Å²) in [5, 5.41) is 15.3. The lowest BCUT2D eigenvalue weighted by atomic mass is 10.1. The molecule has 3 rings (SSSR count). The fourth-order valence-electron chi connectivity index (χ4n) is 2.95. The maximum absolute atomic E-state index is 12.7. The quantitative estimate of drug-likeness (QED) is 0.688. The van der Waals surface area contributed by atoms with E-state index in [-0.39, 0.29) is 5.69 Å². The van der Waals surface area contributed by atoms with Gasteiger partial charge in [-0.25, -0.2) is 9.97 Å². The smallest absolute Gasteiger partial charge is 0.274 e. The van der Waals surface area contributed by atoms with Crippen molar-refractivity contribution >= 4 is 23.1 Å². The van der Waals surface area contributed by atoms with Gasteiger partial charge < -0.3 is 10.6 Å². The van der Waals surface area contributed by atoms with Gasteiger partial charge in [0, 0.05) is 11.8 Å². The van der Waals surface area contributed by atoms with Gasteiger partial charge in [0.1, 0.15) is 23.4 Å². The lowest BCUT2D eigenvalue weighted by molar-refractivity contribution is 0.102. The van der Waals surface area contributed by atoms with Crippen molar-refractivity contribution in [1.29, 1.82) is 5.26 Å². The van der Waals surface area contributed by atoms with Crippen molar-refractivity contribution in [1.82, 2.24) is 9.97 Å². The largest absolute Gasteiger partial charge is 0.340 e. The molecule has 2 aromatic carbocycles. The topological polar surface area (TPSA) is 90.7 Å². The summed E-state index contributed by atoms with van der Waals surface area (Å²) in [6.45, 7) is 5.86. The van der Waals surface area contributed by atoms with Crippen molar-refractivity contribution < 1.29 is 4.79 Å². The zero-order valence-electron chi connectivity index (χ0n) is 16.1. The highest BCUT2D eigenvalue weighted by Gasteiger charge is 2.14. The van der Waals surface area contributed by atoms with Gasteiger partial charge in [0.05, 0.1) is 11.3 Å². The third-order valence-corrected chi connectivity index (χ3v) is 4.36. The Morgan fingerprint density at radius 3 is 2.64 bits per heavy atom. The van der Waals surface area contributed by atoms with Crippen LogP contribution in [0.5, 0.6) is 0 Å². The number of carbonyl (C=O) groups excluding carboxylic acids is 1. The second-order valence-corrected chi connectivity index (χ2v) is 6.38. The molecule has 1 aromatic heterocycles. The number of para-hydroxylation sites is 2. The Morgan fingerprint density at radius 1 is 1.11 bits per heavy atom. The summed E-state index contributed by atoms with van der Waals surface area (Å²) in [5.74, 6) is 0.641. The fraction of sp³-hybridized carbons (Fsp3) is 0.182. The fourth-order valence-corrected chi connectivity index (χ4v) is 2.95. The molecule has 2 N–H and O–H groups in total. The third-order valence-electron chi connectivity index (χ3n) is 4.36. The minimum atomic E-state index is -0.392. The van der Waals surface area contributed by atoms with Crippen LogP contribution in [0.15, 0.2) is 48.5 Å². The lowest BCUT2D eigenvalue weighted by Crippen LogP contribution is -2.16. The SMILES string of the molecule is CCc1cccc(C)c1Nc1cc(C(=O)Nc2ccccc2C#N)nc(C)n1. The van der Waals surface area contributed by atoms with Crippen molar-refractivity contribution in [3.05, 3.63) is 76.7 Å². The van der Waals surface area contributed by atoms with Crippen molar-refractivity contribution in [2.45, 2.75) is 27.2 Å². The van der Waals surface area contributed by atoms with Gasteiger partial charge in [-0.15, -0.1) is 0 Å². The molecule has 0 bridgehead atoms. The summed E-state index contributed by atoms with van der Waals surface area (Å²) >= 11 is 0. The Labute approximate surface area is 164 Å². The number of rotatable bonds is 5. The molecule has 6 heteroatoms. The second-order valence-electron chi connectivity index (χ2n) is 6.38. The monoisotopic (exact) mass is 371 g/mol. The van der Waals surface area contributed by atoms with Crippen molar-refractivity contribution in [2.75, 3.05) is 10.6 Å². The minimum Gasteiger partial charge on any atom is -0.340 e. The van der Waals surface area contributed by atoms with E-state index in [9.17, 15) is 10.1 Å². The van der Waals surface area contributed by atoms with Crippen molar-refractivity contribution in [3.8, 4) is 6.07 Å². The van der Waals surface area contributed by atoms with Crippen LogP contribution in [-0.4, -0.2) is 15.9 Å². The Hall–Kier alpha value is -3.72. The number of anilines is 3. The average molecular weight is 371 g/mol. The summed E-state index contributed by atoms with van der Waals surface area (Å²) < 4.78 is 0. The number of amides is 1. The van der Waals surface area contributed by atoms with Gasteiger partial charge in [0.25, 0.3) is 5.91 Å². The Bertz CT molecular complexity index is 1070. The molecule has 140 valence electrons. The van der Waals surface area contributed by atoms with Crippen LogP contribution in [0.25, 0.3) is 0 Å². The molecule has 0 saturated carbocycles. The number of nitriles is 1. The standard InChI is InChI=1S/C22H21N5O/c1-4-16-10-7-8-14(2)21(16)27-20-12-19(24-15(3)25-20)22(28)26-18-11-6-5-9-17(18)13-23/h5-12H,4H2,1-3H3,(H,26,28)(H,24,25,27). The summed E-state index contributed by atoms with van der Waals surface area (Å²) in [6.07, 6.45) is 0.881. The van der Waals surface area contributed by atoms with E-state index >= 15 is 0 Å². The van der Waals surface area contributed by atoms with Crippen molar-refractivity contribution in [3.63, 3.8) is 0 Å². The molecule has 0 saturated heterocycles. The predicted molar refractivity (Wildman–Crippen MR) is 110 cm³/mol. The van der Waals surface area contributed by atoms with Crippen LogP contribution in [0.4, 0.5) is 17.2 Å². The van der Waals surface area contributed by atoms with Gasteiger partial charge in [-0.1, -0.05) is 37.3 Å². The molecule has 1 amide bonds. The molecular weight excluding hydrogens is 350 g/mol. The molecule has 1 heterocycles. The number of carbonyl (C=O) groups is 1. The van der Waals surface area contributed by atoms with Crippen LogP contribution in [0.3, 0.4) is 0 Å². The molecule has 0 unspecified atom stereocenters. The third kappa shape index (κ3) is 4.15. The van der Waals surface area contributed by atoms with Gasteiger partial charge >= 0.3 is 0 Å². The normalized spacial score (nSPS) is 10.2. The minimum absolute atomic E-state index is 0.231. The van der Waals surface area contributed by atoms with E-state index in [4.69, 9.17) is 0 Å². The predicted octanol–water partition coefficient (Wildman–Crippen LogP) is 4.52. The Balaban J connectivity index is 1.90. The zero-order chi connectivity index (χ0) is 20.1. The van der Waals surface area contributed by atoms with Gasteiger partial charge in [-0.3, -0.25) is 4.79 Å². The highest BCUT2D eigenvalue weighted by Crippen LogP contribution is 2.25.